The summed E-state index contributed by atoms with van der Waals surface area (Å²) < 4.78 is 27.4. The van der Waals surface area contributed by atoms with Crippen LogP contribution in [0.2, 0.25) is 0 Å². The fourth-order valence-corrected chi connectivity index (χ4v) is 5.83. The summed E-state index contributed by atoms with van der Waals surface area (Å²) in [6, 6.07) is 1.50. The first-order chi connectivity index (χ1) is 13.3. The van der Waals surface area contributed by atoms with Gasteiger partial charge in [-0.25, -0.2) is 8.42 Å². The lowest BCUT2D eigenvalue weighted by molar-refractivity contribution is -0.125. The van der Waals surface area contributed by atoms with Gasteiger partial charge in [0.05, 0.1) is 13.1 Å². The van der Waals surface area contributed by atoms with E-state index in [2.05, 4.69) is 6.92 Å². The summed E-state index contributed by atoms with van der Waals surface area (Å²) in [5.41, 5.74) is 1.87. The van der Waals surface area contributed by atoms with Crippen LogP contribution in [-0.2, 0) is 21.2 Å². The van der Waals surface area contributed by atoms with Crippen LogP contribution >= 0.6 is 0 Å². The third-order valence-electron chi connectivity index (χ3n) is 5.64. The molecule has 7 heteroatoms. The number of aromatic hydroxyl groups is 2. The fourth-order valence-electron chi connectivity index (χ4n) is 4.09. The van der Waals surface area contributed by atoms with Gasteiger partial charge >= 0.3 is 0 Å². The first kappa shape index (κ1) is 20.9. The average Bonchev–Trinajstić information content (AvgIpc) is 2.58. The molecule has 2 aliphatic rings. The van der Waals surface area contributed by atoms with E-state index < -0.39 is 10.0 Å². The Morgan fingerprint density at radius 1 is 1.21 bits per heavy atom. The molecule has 3 rings (SSSR count). The first-order valence-corrected chi connectivity index (χ1v) is 11.5. The monoisotopic (exact) mass is 407 g/mol. The Kier molecular flexibility index (Phi) is 6.15. The van der Waals surface area contributed by atoms with Crippen molar-refractivity contribution in [1.29, 1.82) is 0 Å². The Bertz CT molecular complexity index is 896. The minimum Gasteiger partial charge on any atom is -0.507 e. The summed E-state index contributed by atoms with van der Waals surface area (Å²) >= 11 is 0. The Balaban J connectivity index is 2.11. The molecule has 0 aromatic heterocycles. The van der Waals surface area contributed by atoms with Gasteiger partial charge in [-0.1, -0.05) is 31.4 Å². The van der Waals surface area contributed by atoms with Gasteiger partial charge in [0.2, 0.25) is 10.0 Å². The number of aryl methyl sites for hydroxylation is 1. The Labute approximate surface area is 166 Å². The fraction of sp³-hybridized carbons (Fsp3) is 0.571. The number of sulfonamides is 1. The van der Waals surface area contributed by atoms with E-state index in [0.29, 0.717) is 12.0 Å². The molecule has 28 heavy (non-hydrogen) atoms. The Morgan fingerprint density at radius 3 is 2.54 bits per heavy atom. The second-order valence-electron chi connectivity index (χ2n) is 7.93. The lowest BCUT2D eigenvalue weighted by Crippen LogP contribution is -2.50. The smallest absolute Gasteiger partial charge is 0.247 e. The molecule has 0 amide bonds. The molecule has 1 aliphatic carbocycles. The minimum atomic E-state index is -3.99. The number of carbonyl (C=O) groups excluding carboxylic acids is 1. The van der Waals surface area contributed by atoms with Crippen LogP contribution in [-0.4, -0.2) is 41.8 Å². The van der Waals surface area contributed by atoms with E-state index in [1.165, 1.54) is 11.6 Å². The third kappa shape index (κ3) is 3.96. The zero-order valence-corrected chi connectivity index (χ0v) is 17.4. The average molecular weight is 408 g/mol. The van der Waals surface area contributed by atoms with Gasteiger partial charge in [-0.3, -0.25) is 4.79 Å². The van der Waals surface area contributed by atoms with Crippen LogP contribution in [0.25, 0.3) is 0 Å². The molecule has 1 unspecified atom stereocenters. The maximum absolute atomic E-state index is 13.2. The Morgan fingerprint density at radius 2 is 1.93 bits per heavy atom. The van der Waals surface area contributed by atoms with Crippen LogP contribution in [0.4, 0.5) is 0 Å². The van der Waals surface area contributed by atoms with Gasteiger partial charge in [-0.15, -0.1) is 0 Å². The van der Waals surface area contributed by atoms with Crippen molar-refractivity contribution in [1.82, 2.24) is 4.31 Å². The van der Waals surface area contributed by atoms with Gasteiger partial charge in [-0.2, -0.15) is 4.31 Å². The van der Waals surface area contributed by atoms with Crippen LogP contribution in [0.1, 0.15) is 69.4 Å². The summed E-state index contributed by atoms with van der Waals surface area (Å²) in [5.74, 6) is -0.772. The quantitative estimate of drug-likeness (QED) is 0.532. The van der Waals surface area contributed by atoms with Gasteiger partial charge in [0.1, 0.15) is 16.4 Å². The van der Waals surface area contributed by atoms with Crippen molar-refractivity contribution in [2.24, 2.45) is 0 Å². The van der Waals surface area contributed by atoms with E-state index in [1.807, 2.05) is 13.0 Å². The van der Waals surface area contributed by atoms with E-state index >= 15 is 0 Å². The van der Waals surface area contributed by atoms with Crippen LogP contribution in [0, 0.1) is 0 Å². The van der Waals surface area contributed by atoms with E-state index in [-0.39, 0.29) is 46.7 Å². The maximum atomic E-state index is 13.2. The second-order valence-corrected chi connectivity index (χ2v) is 9.80. The number of unbranched alkanes of at least 4 members (excludes halogenated alkanes) is 2. The zero-order valence-electron chi connectivity index (χ0n) is 16.6. The highest BCUT2D eigenvalue weighted by atomic mass is 32.2. The molecule has 1 atom stereocenters. The molecule has 1 aromatic rings. The molecule has 0 radical (unpaired) electrons. The largest absolute Gasteiger partial charge is 0.507 e. The normalized spacial score (nSPS) is 20.7. The highest BCUT2D eigenvalue weighted by Gasteiger charge is 2.40. The molecule has 154 valence electrons. The number of hydrogen-bond donors (Lipinski definition) is 2. The molecule has 0 saturated carbocycles. The topological polar surface area (TPSA) is 94.9 Å². The highest BCUT2D eigenvalue weighted by Crippen LogP contribution is 2.46. The van der Waals surface area contributed by atoms with Gasteiger partial charge in [0.25, 0.3) is 0 Å². The molecule has 0 spiro atoms. The molecule has 1 fully saturated rings. The number of nitrogens with zero attached hydrogens (tertiary/aromatic N) is 1. The minimum absolute atomic E-state index is 0.0569. The number of Topliss-reactive ketones (excluding diaryl/α,β-unsaturated/α-hetero) is 1. The molecule has 1 heterocycles. The van der Waals surface area contributed by atoms with E-state index in [0.717, 1.165) is 42.8 Å². The van der Waals surface area contributed by atoms with Crippen LogP contribution < -0.4 is 0 Å². The SMILES string of the molecule is CCCCCc1cc(O)c(C2C=C(C)CCC2)c(O)c1S(=O)(=O)N1CC(=O)C1. The zero-order chi connectivity index (χ0) is 20.5. The molecule has 1 saturated heterocycles. The van der Waals surface area contributed by atoms with Gasteiger partial charge in [0, 0.05) is 11.5 Å². The molecule has 0 bridgehead atoms. The summed E-state index contributed by atoms with van der Waals surface area (Å²) in [4.78, 5) is 11.2. The maximum Gasteiger partial charge on any atom is 0.247 e. The lowest BCUT2D eigenvalue weighted by Gasteiger charge is -2.31. The number of hydrogen-bond acceptors (Lipinski definition) is 5. The number of allylic oxidation sites excluding steroid dienone is 2. The van der Waals surface area contributed by atoms with Crippen LogP contribution in [0.15, 0.2) is 22.6 Å². The lowest BCUT2D eigenvalue weighted by atomic mass is 9.84. The van der Waals surface area contributed by atoms with Gasteiger partial charge < -0.3 is 10.2 Å². The molecule has 6 nitrogen and oxygen atoms in total. The van der Waals surface area contributed by atoms with E-state index in [4.69, 9.17) is 0 Å². The molecule has 1 aliphatic heterocycles. The summed E-state index contributed by atoms with van der Waals surface area (Å²) in [7, 11) is -3.99. The van der Waals surface area contributed by atoms with Crippen molar-refractivity contribution in [2.75, 3.05) is 13.1 Å². The van der Waals surface area contributed by atoms with Crippen molar-refractivity contribution < 1.29 is 23.4 Å². The number of phenolic OH excluding ortho intramolecular Hbond substituents is 2. The summed E-state index contributed by atoms with van der Waals surface area (Å²) in [6.07, 6.45) is 7.75. The molecule has 2 N–H and O–H groups in total. The van der Waals surface area contributed by atoms with E-state index in [9.17, 15) is 23.4 Å². The van der Waals surface area contributed by atoms with Crippen LogP contribution in [0.3, 0.4) is 0 Å². The van der Waals surface area contributed by atoms with Crippen molar-refractivity contribution in [3.8, 4) is 11.5 Å². The molecule has 1 aromatic carbocycles. The summed E-state index contributed by atoms with van der Waals surface area (Å²) in [5, 5.41) is 21.7. The number of benzene rings is 1. The number of rotatable bonds is 7. The number of carbonyl (C=O) groups is 1. The number of phenols is 2. The highest BCUT2D eigenvalue weighted by molar-refractivity contribution is 7.89. The molecular weight excluding hydrogens is 378 g/mol. The number of ketones is 1. The van der Waals surface area contributed by atoms with Crippen molar-refractivity contribution >= 4 is 15.8 Å². The third-order valence-corrected chi connectivity index (χ3v) is 7.55. The van der Waals surface area contributed by atoms with Crippen LogP contribution in [0.5, 0.6) is 11.5 Å². The standard InChI is InChI=1S/C21H29NO5S/c1-3-4-5-8-16-11-18(24)19(15-9-6-7-14(2)10-15)20(25)21(16)28(26,27)22-12-17(23)13-22/h10-11,15,24-25H,3-9,12-13H2,1-2H3. The Hall–Kier alpha value is -1.86. The molecular formula is C21H29NO5S. The van der Waals surface area contributed by atoms with E-state index in [1.54, 1.807) is 0 Å². The predicted octanol–water partition coefficient (Wildman–Crippen LogP) is 3.62. The van der Waals surface area contributed by atoms with Crippen molar-refractivity contribution in [3.63, 3.8) is 0 Å². The van der Waals surface area contributed by atoms with Gasteiger partial charge in [-0.05, 0) is 50.7 Å². The predicted molar refractivity (Wildman–Crippen MR) is 107 cm³/mol. The second kappa shape index (κ2) is 8.25. The first-order valence-electron chi connectivity index (χ1n) is 10.0. The van der Waals surface area contributed by atoms with Crippen molar-refractivity contribution in [3.05, 3.63) is 28.8 Å². The summed E-state index contributed by atoms with van der Waals surface area (Å²) in [6.45, 7) is 3.74. The van der Waals surface area contributed by atoms with Gasteiger partial charge in [0.15, 0.2) is 5.78 Å². The van der Waals surface area contributed by atoms with Crippen molar-refractivity contribution in [2.45, 2.75) is 69.6 Å².